The first kappa shape index (κ1) is 14.0. The number of nitrogens with zero attached hydrogens (tertiary/aromatic N) is 3. The van der Waals surface area contributed by atoms with Gasteiger partial charge < -0.3 is 0 Å². The topological polar surface area (TPSA) is 30.7 Å². The Balaban J connectivity index is 1.82. The highest BCUT2D eigenvalue weighted by Crippen LogP contribution is 2.27. The minimum Gasteiger partial charge on any atom is -0.268 e. The largest absolute Gasteiger partial charge is 0.268 e. The SMILES string of the molecule is Fc1ccc(Cn2ccc(-c3ccc(Cl)c(Cl)c3)n2)cn1. The predicted octanol–water partition coefficient (Wildman–Crippen LogP) is 4.44. The molecule has 0 radical (unpaired) electrons. The van der Waals surface area contributed by atoms with Gasteiger partial charge in [-0.15, -0.1) is 0 Å². The monoisotopic (exact) mass is 321 g/mol. The van der Waals surface area contributed by atoms with Crippen LogP contribution < -0.4 is 0 Å². The zero-order chi connectivity index (χ0) is 14.8. The molecule has 0 atom stereocenters. The van der Waals surface area contributed by atoms with E-state index in [1.807, 2.05) is 18.3 Å². The fraction of sp³-hybridized carbons (Fsp3) is 0.0667. The Kier molecular flexibility index (Phi) is 3.90. The van der Waals surface area contributed by atoms with Crippen molar-refractivity contribution in [1.82, 2.24) is 14.8 Å². The lowest BCUT2D eigenvalue weighted by Gasteiger charge is -2.02. The summed E-state index contributed by atoms with van der Waals surface area (Å²) in [6.45, 7) is 0.522. The quantitative estimate of drug-likeness (QED) is 0.668. The van der Waals surface area contributed by atoms with Crippen molar-refractivity contribution in [2.24, 2.45) is 0 Å². The molecule has 0 saturated heterocycles. The molecule has 106 valence electrons. The molecule has 0 aliphatic heterocycles. The first-order chi connectivity index (χ1) is 10.1. The van der Waals surface area contributed by atoms with Gasteiger partial charge in [0.15, 0.2) is 0 Å². The molecule has 2 heterocycles. The Labute approximate surface area is 131 Å². The van der Waals surface area contributed by atoms with Crippen LogP contribution in [-0.2, 0) is 6.54 Å². The van der Waals surface area contributed by atoms with Gasteiger partial charge in [0, 0.05) is 18.0 Å². The van der Waals surface area contributed by atoms with Gasteiger partial charge in [-0.1, -0.05) is 35.3 Å². The number of hydrogen-bond acceptors (Lipinski definition) is 2. The molecule has 3 aromatic rings. The molecule has 3 nitrogen and oxygen atoms in total. The van der Waals surface area contributed by atoms with Crippen molar-refractivity contribution in [3.63, 3.8) is 0 Å². The number of benzene rings is 1. The molecule has 0 unspecified atom stereocenters. The Morgan fingerprint density at radius 2 is 1.90 bits per heavy atom. The molecule has 3 rings (SSSR count). The molecule has 0 N–H and O–H groups in total. The van der Waals surface area contributed by atoms with Crippen LogP contribution in [0.15, 0.2) is 48.8 Å². The molecule has 0 bridgehead atoms. The molecular weight excluding hydrogens is 312 g/mol. The van der Waals surface area contributed by atoms with Crippen molar-refractivity contribution >= 4 is 23.2 Å². The minimum atomic E-state index is -0.490. The molecule has 0 fully saturated rings. The number of halogens is 3. The summed E-state index contributed by atoms with van der Waals surface area (Å²) in [5, 5.41) is 5.47. The highest BCUT2D eigenvalue weighted by molar-refractivity contribution is 6.42. The second kappa shape index (κ2) is 5.84. The highest BCUT2D eigenvalue weighted by Gasteiger charge is 2.06. The van der Waals surface area contributed by atoms with Gasteiger partial charge in [-0.25, -0.2) is 4.98 Å². The summed E-state index contributed by atoms with van der Waals surface area (Å²) in [4.78, 5) is 3.62. The number of rotatable bonds is 3. The number of hydrogen-bond donors (Lipinski definition) is 0. The molecule has 0 saturated carbocycles. The van der Waals surface area contributed by atoms with Gasteiger partial charge in [-0.2, -0.15) is 9.49 Å². The van der Waals surface area contributed by atoms with Gasteiger partial charge in [0.05, 0.1) is 22.3 Å². The summed E-state index contributed by atoms with van der Waals surface area (Å²) < 4.78 is 14.5. The maximum atomic E-state index is 12.8. The maximum absolute atomic E-state index is 12.8. The van der Waals surface area contributed by atoms with E-state index in [1.54, 1.807) is 22.9 Å². The van der Waals surface area contributed by atoms with E-state index in [4.69, 9.17) is 23.2 Å². The standard InChI is InChI=1S/C15H10Cl2FN3/c16-12-3-2-11(7-13(12)17)14-5-6-21(20-14)9-10-1-4-15(18)19-8-10/h1-8H,9H2. The average Bonchev–Trinajstić information content (AvgIpc) is 2.93. The lowest BCUT2D eigenvalue weighted by atomic mass is 10.2. The normalized spacial score (nSPS) is 10.8. The molecular formula is C15H10Cl2FN3. The Morgan fingerprint density at radius 3 is 2.62 bits per heavy atom. The molecule has 2 aromatic heterocycles. The highest BCUT2D eigenvalue weighted by atomic mass is 35.5. The Hall–Kier alpha value is -1.91. The van der Waals surface area contributed by atoms with E-state index in [9.17, 15) is 4.39 Å². The summed E-state index contributed by atoms with van der Waals surface area (Å²) in [6, 6.07) is 10.3. The summed E-state index contributed by atoms with van der Waals surface area (Å²) in [7, 11) is 0. The summed E-state index contributed by atoms with van der Waals surface area (Å²) in [6.07, 6.45) is 3.34. The van der Waals surface area contributed by atoms with Crippen LogP contribution in [0, 0.1) is 5.95 Å². The van der Waals surface area contributed by atoms with Crippen LogP contribution in [0.5, 0.6) is 0 Å². The molecule has 0 spiro atoms. The van der Waals surface area contributed by atoms with Gasteiger partial charge in [0.2, 0.25) is 5.95 Å². The number of aromatic nitrogens is 3. The van der Waals surface area contributed by atoms with Crippen LogP contribution >= 0.6 is 23.2 Å². The molecule has 6 heteroatoms. The summed E-state index contributed by atoms with van der Waals surface area (Å²) in [5.41, 5.74) is 2.56. The Morgan fingerprint density at radius 1 is 1.05 bits per heavy atom. The van der Waals surface area contributed by atoms with Crippen LogP contribution in [0.1, 0.15) is 5.56 Å². The van der Waals surface area contributed by atoms with Gasteiger partial charge >= 0.3 is 0 Å². The van der Waals surface area contributed by atoms with Gasteiger partial charge in [0.25, 0.3) is 0 Å². The summed E-state index contributed by atoms with van der Waals surface area (Å²) in [5.74, 6) is -0.490. The molecule has 1 aromatic carbocycles. The van der Waals surface area contributed by atoms with E-state index in [0.29, 0.717) is 16.6 Å². The third-order valence-electron chi connectivity index (χ3n) is 2.99. The van der Waals surface area contributed by atoms with Crippen molar-refractivity contribution in [2.45, 2.75) is 6.54 Å². The molecule has 0 amide bonds. The van der Waals surface area contributed by atoms with E-state index in [-0.39, 0.29) is 0 Å². The summed E-state index contributed by atoms with van der Waals surface area (Å²) >= 11 is 11.9. The fourth-order valence-corrected chi connectivity index (χ4v) is 2.24. The van der Waals surface area contributed by atoms with Gasteiger partial charge in [-0.05, 0) is 29.8 Å². The fourth-order valence-electron chi connectivity index (χ4n) is 1.95. The minimum absolute atomic E-state index is 0.490. The smallest absolute Gasteiger partial charge is 0.212 e. The third-order valence-corrected chi connectivity index (χ3v) is 3.73. The first-order valence-corrected chi connectivity index (χ1v) is 6.97. The van der Waals surface area contributed by atoms with E-state index in [0.717, 1.165) is 16.8 Å². The van der Waals surface area contributed by atoms with Crippen molar-refractivity contribution in [1.29, 1.82) is 0 Å². The van der Waals surface area contributed by atoms with Crippen LogP contribution in [-0.4, -0.2) is 14.8 Å². The van der Waals surface area contributed by atoms with Crippen LogP contribution in [0.4, 0.5) is 4.39 Å². The number of pyridine rings is 1. The first-order valence-electron chi connectivity index (χ1n) is 6.21. The van der Waals surface area contributed by atoms with Gasteiger partial charge in [-0.3, -0.25) is 4.68 Å². The van der Waals surface area contributed by atoms with Crippen LogP contribution in [0.25, 0.3) is 11.3 Å². The lowest BCUT2D eigenvalue weighted by molar-refractivity contribution is 0.580. The van der Waals surface area contributed by atoms with Crippen molar-refractivity contribution in [2.75, 3.05) is 0 Å². The van der Waals surface area contributed by atoms with Crippen molar-refractivity contribution < 1.29 is 4.39 Å². The van der Waals surface area contributed by atoms with E-state index in [1.165, 1.54) is 12.3 Å². The predicted molar refractivity (Wildman–Crippen MR) is 81.0 cm³/mol. The average molecular weight is 322 g/mol. The molecule has 0 aliphatic rings. The van der Waals surface area contributed by atoms with Crippen molar-refractivity contribution in [3.8, 4) is 11.3 Å². The zero-order valence-corrected chi connectivity index (χ0v) is 12.3. The molecule has 0 aliphatic carbocycles. The maximum Gasteiger partial charge on any atom is 0.212 e. The lowest BCUT2D eigenvalue weighted by Crippen LogP contribution is -2.01. The van der Waals surface area contributed by atoms with E-state index < -0.39 is 5.95 Å². The molecule has 21 heavy (non-hydrogen) atoms. The third kappa shape index (κ3) is 3.23. The van der Waals surface area contributed by atoms with Crippen LogP contribution in [0.2, 0.25) is 10.0 Å². The van der Waals surface area contributed by atoms with Crippen molar-refractivity contribution in [3.05, 3.63) is 70.3 Å². The van der Waals surface area contributed by atoms with Crippen LogP contribution in [0.3, 0.4) is 0 Å². The second-order valence-corrected chi connectivity index (χ2v) is 5.33. The zero-order valence-electron chi connectivity index (χ0n) is 10.8. The van der Waals surface area contributed by atoms with E-state index in [2.05, 4.69) is 10.1 Å². The van der Waals surface area contributed by atoms with Gasteiger partial charge in [0.1, 0.15) is 0 Å². The Bertz CT molecular complexity index is 769. The second-order valence-electron chi connectivity index (χ2n) is 4.52. The van der Waals surface area contributed by atoms with E-state index >= 15 is 0 Å².